The second-order valence-corrected chi connectivity index (χ2v) is 9.66. The number of carbonyl (C=O) groups is 2. The summed E-state index contributed by atoms with van der Waals surface area (Å²) in [6.45, 7) is 4.34. The van der Waals surface area contributed by atoms with Gasteiger partial charge in [0.2, 0.25) is 10.0 Å². The van der Waals surface area contributed by atoms with Crippen molar-refractivity contribution in [1.82, 2.24) is 4.31 Å². The van der Waals surface area contributed by atoms with Crippen LogP contribution in [0, 0.1) is 5.92 Å². The van der Waals surface area contributed by atoms with Crippen LogP contribution in [0.5, 0.6) is 0 Å². The first-order chi connectivity index (χ1) is 13.7. The number of amides is 1. The van der Waals surface area contributed by atoms with E-state index in [1.165, 1.54) is 29.4 Å². The average molecular weight is 435 g/mol. The summed E-state index contributed by atoms with van der Waals surface area (Å²) in [6.07, 6.45) is 1.78. The van der Waals surface area contributed by atoms with E-state index in [-0.39, 0.29) is 27.2 Å². The van der Waals surface area contributed by atoms with E-state index in [1.807, 2.05) is 6.92 Å². The van der Waals surface area contributed by atoms with E-state index >= 15 is 0 Å². The van der Waals surface area contributed by atoms with Gasteiger partial charge in [0.05, 0.1) is 5.02 Å². The van der Waals surface area contributed by atoms with Crippen molar-refractivity contribution >= 4 is 39.0 Å². The van der Waals surface area contributed by atoms with E-state index < -0.39 is 15.9 Å². The first kappa shape index (κ1) is 21.5. The van der Waals surface area contributed by atoms with Crippen molar-refractivity contribution in [2.75, 3.05) is 18.4 Å². The minimum Gasteiger partial charge on any atom is -0.322 e. The van der Waals surface area contributed by atoms with Gasteiger partial charge in [-0.1, -0.05) is 30.7 Å². The molecule has 0 spiro atoms. The van der Waals surface area contributed by atoms with Crippen LogP contribution in [0.4, 0.5) is 5.69 Å². The molecule has 2 aromatic rings. The maximum atomic E-state index is 13.1. The quantitative estimate of drug-likeness (QED) is 0.714. The van der Waals surface area contributed by atoms with Gasteiger partial charge in [-0.25, -0.2) is 8.42 Å². The summed E-state index contributed by atoms with van der Waals surface area (Å²) in [6, 6.07) is 10.8. The van der Waals surface area contributed by atoms with Crippen LogP contribution in [0.15, 0.2) is 47.4 Å². The van der Waals surface area contributed by atoms with E-state index in [0.29, 0.717) is 24.3 Å². The average Bonchev–Trinajstić information content (AvgIpc) is 2.68. The highest BCUT2D eigenvalue weighted by molar-refractivity contribution is 7.89. The van der Waals surface area contributed by atoms with Crippen molar-refractivity contribution < 1.29 is 18.0 Å². The summed E-state index contributed by atoms with van der Waals surface area (Å²) in [5.74, 6) is -0.320. The molecular formula is C21H23ClN2O4S. The summed E-state index contributed by atoms with van der Waals surface area (Å²) in [4.78, 5) is 24.1. The number of nitrogens with one attached hydrogen (secondary N) is 1. The molecule has 1 fully saturated rings. The van der Waals surface area contributed by atoms with Gasteiger partial charge in [0.25, 0.3) is 5.91 Å². The normalized spacial score (nSPS) is 17.7. The summed E-state index contributed by atoms with van der Waals surface area (Å²) in [5.41, 5.74) is 1.10. The van der Waals surface area contributed by atoms with Gasteiger partial charge >= 0.3 is 0 Å². The summed E-state index contributed by atoms with van der Waals surface area (Å²) < 4.78 is 27.6. The third-order valence-corrected chi connectivity index (χ3v) is 7.30. The number of halogens is 1. The molecule has 1 saturated heterocycles. The minimum atomic E-state index is -3.80. The summed E-state index contributed by atoms with van der Waals surface area (Å²) >= 11 is 6.18. The molecule has 0 radical (unpaired) electrons. The van der Waals surface area contributed by atoms with Crippen molar-refractivity contribution in [2.24, 2.45) is 5.92 Å². The summed E-state index contributed by atoms with van der Waals surface area (Å²) in [7, 11) is -3.80. The molecule has 0 aliphatic carbocycles. The molecule has 0 bridgehead atoms. The monoisotopic (exact) mass is 434 g/mol. The second-order valence-electron chi connectivity index (χ2n) is 7.35. The van der Waals surface area contributed by atoms with Crippen LogP contribution in [-0.4, -0.2) is 37.5 Å². The molecule has 2 aromatic carbocycles. The Morgan fingerprint density at radius 3 is 2.59 bits per heavy atom. The van der Waals surface area contributed by atoms with Gasteiger partial charge in [-0.2, -0.15) is 4.31 Å². The van der Waals surface area contributed by atoms with Gasteiger partial charge in [-0.05, 0) is 56.0 Å². The number of benzene rings is 2. The van der Waals surface area contributed by atoms with E-state index in [2.05, 4.69) is 5.32 Å². The number of sulfonamides is 1. The van der Waals surface area contributed by atoms with Gasteiger partial charge < -0.3 is 5.32 Å². The van der Waals surface area contributed by atoms with Crippen LogP contribution >= 0.6 is 11.6 Å². The van der Waals surface area contributed by atoms with Crippen LogP contribution < -0.4 is 5.32 Å². The number of Topliss-reactive ketones (excluding diaryl/α,β-unsaturated/α-hetero) is 1. The molecule has 8 heteroatoms. The SMILES string of the molecule is CC(=O)c1cccc(NC(=O)c2ccc(Cl)c(S(=O)(=O)N3CCCC(C)C3)c2)c1. The Labute approximate surface area is 175 Å². The van der Waals surface area contributed by atoms with E-state index in [4.69, 9.17) is 11.6 Å². The van der Waals surface area contributed by atoms with Crippen molar-refractivity contribution in [3.63, 3.8) is 0 Å². The maximum Gasteiger partial charge on any atom is 0.255 e. The third kappa shape index (κ3) is 4.86. The molecule has 0 aromatic heterocycles. The van der Waals surface area contributed by atoms with Crippen molar-refractivity contribution in [1.29, 1.82) is 0 Å². The molecule has 1 atom stereocenters. The molecule has 6 nitrogen and oxygen atoms in total. The van der Waals surface area contributed by atoms with Crippen LogP contribution in [0.3, 0.4) is 0 Å². The molecule has 29 heavy (non-hydrogen) atoms. The van der Waals surface area contributed by atoms with Gasteiger partial charge in [0.15, 0.2) is 5.78 Å². The molecular weight excluding hydrogens is 412 g/mol. The topological polar surface area (TPSA) is 83.5 Å². The van der Waals surface area contributed by atoms with Gasteiger partial charge in [-0.3, -0.25) is 9.59 Å². The van der Waals surface area contributed by atoms with Crippen LogP contribution in [0.2, 0.25) is 5.02 Å². The van der Waals surface area contributed by atoms with Crippen molar-refractivity contribution in [2.45, 2.75) is 31.6 Å². The maximum absolute atomic E-state index is 13.1. The Morgan fingerprint density at radius 1 is 1.14 bits per heavy atom. The number of nitrogens with zero attached hydrogens (tertiary/aromatic N) is 1. The highest BCUT2D eigenvalue weighted by Crippen LogP contribution is 2.29. The fourth-order valence-corrected chi connectivity index (χ4v) is 5.46. The number of anilines is 1. The fourth-order valence-electron chi connectivity index (χ4n) is 3.37. The van der Waals surface area contributed by atoms with Gasteiger partial charge in [-0.15, -0.1) is 0 Å². The zero-order valence-corrected chi connectivity index (χ0v) is 17.9. The Bertz CT molecular complexity index is 1050. The second kappa shape index (κ2) is 8.65. The molecule has 1 amide bonds. The molecule has 1 heterocycles. The van der Waals surface area contributed by atoms with E-state index in [1.54, 1.807) is 24.3 Å². The van der Waals surface area contributed by atoms with Crippen molar-refractivity contribution in [3.8, 4) is 0 Å². The van der Waals surface area contributed by atoms with E-state index in [0.717, 1.165) is 12.8 Å². The molecule has 3 rings (SSSR count). The Hall–Kier alpha value is -2.22. The lowest BCUT2D eigenvalue weighted by Gasteiger charge is -2.30. The first-order valence-electron chi connectivity index (χ1n) is 9.40. The molecule has 1 unspecified atom stereocenters. The lowest BCUT2D eigenvalue weighted by atomic mass is 10.0. The number of piperidine rings is 1. The predicted molar refractivity (Wildman–Crippen MR) is 113 cm³/mol. The van der Waals surface area contributed by atoms with Gasteiger partial charge in [0, 0.05) is 29.9 Å². The number of rotatable bonds is 5. The predicted octanol–water partition coefficient (Wildman–Crippen LogP) is 4.22. The molecule has 1 N–H and O–H groups in total. The minimum absolute atomic E-state index is 0.0709. The summed E-state index contributed by atoms with van der Waals surface area (Å²) in [5, 5.41) is 2.78. The molecule has 1 aliphatic heterocycles. The highest BCUT2D eigenvalue weighted by Gasteiger charge is 2.31. The zero-order chi connectivity index (χ0) is 21.2. The fraction of sp³-hybridized carbons (Fsp3) is 0.333. The van der Waals surface area contributed by atoms with Crippen LogP contribution in [0.25, 0.3) is 0 Å². The van der Waals surface area contributed by atoms with Crippen molar-refractivity contribution in [3.05, 3.63) is 58.6 Å². The number of ketones is 1. The Kier molecular flexibility index (Phi) is 6.41. The number of carbonyl (C=O) groups excluding carboxylic acids is 2. The van der Waals surface area contributed by atoms with Gasteiger partial charge in [0.1, 0.15) is 4.90 Å². The van der Waals surface area contributed by atoms with Crippen LogP contribution in [-0.2, 0) is 10.0 Å². The van der Waals surface area contributed by atoms with E-state index in [9.17, 15) is 18.0 Å². The van der Waals surface area contributed by atoms with Crippen LogP contribution in [0.1, 0.15) is 47.4 Å². The lowest BCUT2D eigenvalue weighted by Crippen LogP contribution is -2.39. The molecule has 0 saturated carbocycles. The first-order valence-corrected chi connectivity index (χ1v) is 11.2. The standard InChI is InChI=1S/C21H23ClN2O4S/c1-14-5-4-10-24(13-14)29(27,28)20-12-17(8-9-19(20)22)21(26)23-18-7-3-6-16(11-18)15(2)25/h3,6-9,11-12,14H,4-5,10,13H2,1-2H3,(H,23,26). The Morgan fingerprint density at radius 2 is 1.90 bits per heavy atom. The number of hydrogen-bond acceptors (Lipinski definition) is 4. The largest absolute Gasteiger partial charge is 0.322 e. The molecule has 154 valence electrons. The smallest absolute Gasteiger partial charge is 0.255 e. The Balaban J connectivity index is 1.87. The lowest BCUT2D eigenvalue weighted by molar-refractivity contribution is 0.101. The zero-order valence-electron chi connectivity index (χ0n) is 16.3. The number of hydrogen-bond donors (Lipinski definition) is 1. The molecule has 1 aliphatic rings. The third-order valence-electron chi connectivity index (χ3n) is 4.96. The highest BCUT2D eigenvalue weighted by atomic mass is 35.5.